The molecule has 2 heterocycles. The third-order valence-electron chi connectivity index (χ3n) is 7.47. The van der Waals surface area contributed by atoms with Gasteiger partial charge >= 0.3 is 0 Å². The lowest BCUT2D eigenvalue weighted by Crippen LogP contribution is -2.40. The summed E-state index contributed by atoms with van der Waals surface area (Å²) >= 11 is 0. The van der Waals surface area contributed by atoms with Crippen molar-refractivity contribution in [3.63, 3.8) is 0 Å². The smallest absolute Gasteiger partial charge is 0.248 e. The molecule has 41 heavy (non-hydrogen) atoms. The standard InChI is InChI=1S/C31H36N4O5S/c1-22-3-12-27(28-13-14-30(37)33-31(22)28)29(36)21-34(2)16-15-23-4-6-24(7-5-23)32-25-8-10-26(11-9-25)41(38,39)35-17-19-40-20-18-35/h3-14,29,32,36H,15-21H2,1-2H3,(H,33,37)/t29-/m0/s1. The van der Waals surface area contributed by atoms with E-state index in [-0.39, 0.29) is 10.5 Å². The van der Waals surface area contributed by atoms with Crippen molar-refractivity contribution in [1.82, 2.24) is 14.2 Å². The largest absolute Gasteiger partial charge is 0.387 e. The Labute approximate surface area is 240 Å². The third-order valence-corrected chi connectivity index (χ3v) is 9.38. The number of nitrogens with zero attached hydrogens (tertiary/aromatic N) is 2. The molecule has 0 bridgehead atoms. The van der Waals surface area contributed by atoms with Crippen LogP contribution in [-0.2, 0) is 21.2 Å². The van der Waals surface area contributed by atoms with Crippen LogP contribution in [-0.4, -0.2) is 74.2 Å². The molecule has 1 aliphatic heterocycles. The minimum atomic E-state index is -3.51. The van der Waals surface area contributed by atoms with Crippen LogP contribution in [0.25, 0.3) is 10.9 Å². The van der Waals surface area contributed by atoms with Gasteiger partial charge in [0, 0.05) is 49.0 Å². The molecule has 4 aromatic rings. The minimum absolute atomic E-state index is 0.154. The molecule has 1 aliphatic rings. The number of ether oxygens (including phenoxy) is 1. The number of fused-ring (bicyclic) bond motifs is 1. The molecule has 5 rings (SSSR count). The van der Waals surface area contributed by atoms with Gasteiger partial charge in [-0.15, -0.1) is 0 Å². The number of H-pyrrole nitrogens is 1. The van der Waals surface area contributed by atoms with Crippen molar-refractivity contribution in [3.8, 4) is 0 Å². The number of benzene rings is 3. The molecule has 216 valence electrons. The quantitative estimate of drug-likeness (QED) is 0.263. The second kappa shape index (κ2) is 12.5. The summed E-state index contributed by atoms with van der Waals surface area (Å²) in [4.78, 5) is 17.0. The molecular weight excluding hydrogens is 540 g/mol. The number of aromatic nitrogens is 1. The highest BCUT2D eigenvalue weighted by Gasteiger charge is 2.26. The normalized spacial score (nSPS) is 15.3. The molecule has 9 nitrogen and oxygen atoms in total. The van der Waals surface area contributed by atoms with E-state index in [1.807, 2.05) is 38.2 Å². The van der Waals surface area contributed by atoms with Crippen LogP contribution in [0.5, 0.6) is 0 Å². The Morgan fingerprint density at radius 3 is 2.32 bits per heavy atom. The second-order valence-electron chi connectivity index (χ2n) is 10.5. The van der Waals surface area contributed by atoms with Gasteiger partial charge in [-0.2, -0.15) is 4.31 Å². The fourth-order valence-electron chi connectivity index (χ4n) is 5.08. The number of nitrogens with one attached hydrogen (secondary N) is 2. The predicted octanol–water partition coefficient (Wildman–Crippen LogP) is 3.81. The number of morpholine rings is 1. The summed E-state index contributed by atoms with van der Waals surface area (Å²) in [5.74, 6) is 0. The van der Waals surface area contributed by atoms with E-state index in [0.29, 0.717) is 32.8 Å². The van der Waals surface area contributed by atoms with Crippen molar-refractivity contribution >= 4 is 32.3 Å². The molecule has 0 unspecified atom stereocenters. The lowest BCUT2D eigenvalue weighted by Gasteiger charge is -2.26. The molecule has 0 saturated carbocycles. The van der Waals surface area contributed by atoms with Gasteiger partial charge in [-0.1, -0.05) is 24.3 Å². The summed E-state index contributed by atoms with van der Waals surface area (Å²) in [6.45, 7) is 4.76. The summed E-state index contributed by atoms with van der Waals surface area (Å²) in [5, 5.41) is 15.2. The first-order valence-corrected chi connectivity index (χ1v) is 15.2. The fraction of sp³-hybridized carbons (Fsp3) is 0.323. The van der Waals surface area contributed by atoms with Crippen LogP contribution < -0.4 is 10.9 Å². The van der Waals surface area contributed by atoms with Crippen molar-refractivity contribution in [2.24, 2.45) is 0 Å². The van der Waals surface area contributed by atoms with Crippen LogP contribution in [0.2, 0.25) is 0 Å². The van der Waals surface area contributed by atoms with Crippen molar-refractivity contribution < 1.29 is 18.3 Å². The predicted molar refractivity (Wildman–Crippen MR) is 161 cm³/mol. The molecule has 3 N–H and O–H groups in total. The molecule has 10 heteroatoms. The van der Waals surface area contributed by atoms with E-state index in [4.69, 9.17) is 4.74 Å². The number of hydrogen-bond donors (Lipinski definition) is 3. The Balaban J connectivity index is 1.14. The van der Waals surface area contributed by atoms with Gasteiger partial charge in [0.15, 0.2) is 0 Å². The molecular formula is C31H36N4O5S. The Kier molecular flexibility index (Phi) is 8.86. The van der Waals surface area contributed by atoms with Crippen LogP contribution in [0, 0.1) is 6.92 Å². The Hall–Kier alpha value is -3.54. The van der Waals surface area contributed by atoms with Crippen LogP contribution in [0.4, 0.5) is 11.4 Å². The zero-order valence-electron chi connectivity index (χ0n) is 23.3. The Morgan fingerprint density at radius 1 is 0.976 bits per heavy atom. The Morgan fingerprint density at radius 2 is 1.63 bits per heavy atom. The summed E-state index contributed by atoms with van der Waals surface area (Å²) in [6.07, 6.45) is 0.135. The summed E-state index contributed by atoms with van der Waals surface area (Å²) in [6, 6.07) is 22.1. The van der Waals surface area contributed by atoms with Crippen molar-refractivity contribution in [3.05, 3.63) is 99.8 Å². The van der Waals surface area contributed by atoms with E-state index >= 15 is 0 Å². The number of sulfonamides is 1. The number of aliphatic hydroxyl groups excluding tert-OH is 1. The first kappa shape index (κ1) is 29.0. The van der Waals surface area contributed by atoms with E-state index in [1.54, 1.807) is 30.3 Å². The number of likely N-dealkylation sites (N-methyl/N-ethyl adjacent to an activating group) is 1. The molecule has 1 saturated heterocycles. The van der Waals surface area contributed by atoms with Crippen LogP contribution in [0.3, 0.4) is 0 Å². The number of rotatable bonds is 10. The maximum Gasteiger partial charge on any atom is 0.248 e. The number of anilines is 2. The van der Waals surface area contributed by atoms with E-state index in [0.717, 1.165) is 46.4 Å². The lowest BCUT2D eigenvalue weighted by atomic mass is 10.00. The number of hydrogen-bond acceptors (Lipinski definition) is 7. The van der Waals surface area contributed by atoms with Gasteiger partial charge in [0.2, 0.25) is 15.6 Å². The SMILES string of the molecule is Cc1ccc([C@@H](O)CN(C)CCc2ccc(Nc3ccc(S(=O)(=O)N4CCOCC4)cc3)cc2)c2ccc(=O)[nH]c12. The highest BCUT2D eigenvalue weighted by molar-refractivity contribution is 7.89. The molecule has 3 aromatic carbocycles. The molecule has 0 aliphatic carbocycles. The lowest BCUT2D eigenvalue weighted by molar-refractivity contribution is 0.0730. The van der Waals surface area contributed by atoms with Gasteiger partial charge in [-0.3, -0.25) is 4.79 Å². The third kappa shape index (κ3) is 6.86. The fourth-order valence-corrected chi connectivity index (χ4v) is 6.49. The van der Waals surface area contributed by atoms with Gasteiger partial charge in [0.1, 0.15) is 0 Å². The number of aliphatic hydroxyl groups is 1. The number of aromatic amines is 1. The van der Waals surface area contributed by atoms with E-state index in [2.05, 4.69) is 27.3 Å². The van der Waals surface area contributed by atoms with E-state index < -0.39 is 16.1 Å². The first-order valence-electron chi connectivity index (χ1n) is 13.7. The van der Waals surface area contributed by atoms with Crippen molar-refractivity contribution in [2.75, 3.05) is 51.8 Å². The van der Waals surface area contributed by atoms with Crippen LogP contribution in [0.15, 0.2) is 82.5 Å². The first-order chi connectivity index (χ1) is 19.7. The average molecular weight is 577 g/mol. The number of pyridine rings is 1. The maximum absolute atomic E-state index is 12.8. The van der Waals surface area contributed by atoms with Gasteiger partial charge in [0.05, 0.1) is 29.7 Å². The van der Waals surface area contributed by atoms with Crippen molar-refractivity contribution in [2.45, 2.75) is 24.3 Å². The summed E-state index contributed by atoms with van der Waals surface area (Å²) in [7, 11) is -1.53. The molecule has 0 spiro atoms. The monoisotopic (exact) mass is 576 g/mol. The van der Waals surface area contributed by atoms with Crippen molar-refractivity contribution in [1.29, 1.82) is 0 Å². The topological polar surface area (TPSA) is 115 Å². The number of aryl methyl sites for hydroxylation is 1. The second-order valence-corrected chi connectivity index (χ2v) is 12.4. The Bertz CT molecular complexity index is 1650. The van der Waals surface area contributed by atoms with E-state index in [9.17, 15) is 18.3 Å². The maximum atomic E-state index is 12.8. The van der Waals surface area contributed by atoms with Gasteiger partial charge < -0.3 is 25.0 Å². The zero-order valence-corrected chi connectivity index (χ0v) is 24.2. The van der Waals surface area contributed by atoms with Crippen LogP contribution >= 0.6 is 0 Å². The molecule has 1 fully saturated rings. The highest BCUT2D eigenvalue weighted by Crippen LogP contribution is 2.26. The minimum Gasteiger partial charge on any atom is -0.387 e. The highest BCUT2D eigenvalue weighted by atomic mass is 32.2. The molecule has 1 atom stereocenters. The molecule has 0 amide bonds. The average Bonchev–Trinajstić information content (AvgIpc) is 2.98. The van der Waals surface area contributed by atoms with Gasteiger partial charge in [-0.05, 0) is 79.5 Å². The molecule has 0 radical (unpaired) electrons. The molecule has 1 aromatic heterocycles. The zero-order chi connectivity index (χ0) is 29.0. The summed E-state index contributed by atoms with van der Waals surface area (Å²) < 4.78 is 32.4. The van der Waals surface area contributed by atoms with Gasteiger partial charge in [0.25, 0.3) is 0 Å². The van der Waals surface area contributed by atoms with Crippen LogP contribution in [0.1, 0.15) is 22.8 Å². The van der Waals surface area contributed by atoms with Gasteiger partial charge in [-0.25, -0.2) is 8.42 Å². The van der Waals surface area contributed by atoms with E-state index in [1.165, 1.54) is 15.9 Å². The summed E-state index contributed by atoms with van der Waals surface area (Å²) in [5.41, 5.74) is 5.26.